The topological polar surface area (TPSA) is 12.9 Å². The molecule has 0 fully saturated rings. The van der Waals surface area contributed by atoms with Gasteiger partial charge in [-0.1, -0.05) is 194 Å². The van der Waals surface area contributed by atoms with Gasteiger partial charge in [0.25, 0.3) is 0 Å². The van der Waals surface area contributed by atoms with Gasteiger partial charge in [0.15, 0.2) is 0 Å². The van der Waals surface area contributed by atoms with Crippen LogP contribution in [0.15, 0.2) is 224 Å². The van der Waals surface area contributed by atoms with E-state index < -0.39 is 5.41 Å². The molecule has 2 aliphatic rings. The summed E-state index contributed by atoms with van der Waals surface area (Å²) in [5, 5.41) is 2.48. The normalized spacial score (nSPS) is 12.9. The van der Waals surface area contributed by atoms with Crippen molar-refractivity contribution in [2.24, 2.45) is 0 Å². The monoisotopic (exact) mass is 747 g/mol. The molecule has 1 aromatic heterocycles. The lowest BCUT2D eigenvalue weighted by Gasteiger charge is -2.31. The summed E-state index contributed by atoms with van der Waals surface area (Å²) in [7, 11) is 0. The molecule has 1 heterocycles. The summed E-state index contributed by atoms with van der Waals surface area (Å²) < 4.78 is 0. The number of hydrogen-bond donors (Lipinski definition) is 0. The van der Waals surface area contributed by atoms with Crippen molar-refractivity contribution in [1.29, 1.82) is 0 Å². The van der Waals surface area contributed by atoms with Gasteiger partial charge in [-0.2, -0.15) is 0 Å². The van der Waals surface area contributed by atoms with Gasteiger partial charge in [0, 0.05) is 11.1 Å². The Hall–Kier alpha value is -7.61. The zero-order valence-electron chi connectivity index (χ0n) is 32.3. The summed E-state index contributed by atoms with van der Waals surface area (Å²) in [6, 6.07) is 82.4. The number of aromatic nitrogens is 1. The number of pyridine rings is 1. The largest absolute Gasteiger partial charge is 0.248 e. The zero-order chi connectivity index (χ0) is 38.9. The number of nitrogens with zero attached hydrogens (tertiary/aromatic N) is 1. The SMILES string of the molecule is c1ccc(-c2cc(-c3ccccc3)nc(-c3ccc(-c4cc5c(cc4-c4ccc6ccccc6c4)-c4ccccc4C54c5ccccc5-c5ccccc54)cc3)c2)cc1. The molecule has 0 bridgehead atoms. The highest BCUT2D eigenvalue weighted by Gasteiger charge is 2.51. The highest BCUT2D eigenvalue weighted by atomic mass is 14.7. The molecule has 0 radical (unpaired) electrons. The molecule has 0 unspecified atom stereocenters. The average molecular weight is 748 g/mol. The lowest BCUT2D eigenvalue weighted by Crippen LogP contribution is -2.25. The van der Waals surface area contributed by atoms with Gasteiger partial charge in [-0.3, -0.25) is 0 Å². The molecular formula is C58H37N. The number of hydrogen-bond acceptors (Lipinski definition) is 1. The second-order valence-corrected chi connectivity index (χ2v) is 15.8. The zero-order valence-corrected chi connectivity index (χ0v) is 32.3. The third-order valence-corrected chi connectivity index (χ3v) is 12.7. The van der Waals surface area contributed by atoms with Gasteiger partial charge in [0.2, 0.25) is 0 Å². The Kier molecular flexibility index (Phi) is 7.52. The van der Waals surface area contributed by atoms with Crippen molar-refractivity contribution in [2.75, 3.05) is 0 Å². The second kappa shape index (κ2) is 13.2. The summed E-state index contributed by atoms with van der Waals surface area (Å²) >= 11 is 0. The standard InChI is InChI=1S/C58H37N/c1-3-15-38(16-4-1)45-34-56(41-18-5-2-6-19-41)59-57(35-45)42-30-28-40(29-31-42)50-37-55-51(36-49(50)44-32-27-39-17-7-8-20-43(39)33-44)48-23-11-14-26-54(48)58(55)52-24-12-9-21-46(52)47-22-10-13-25-53(47)58/h1-37H. The molecule has 12 rings (SSSR count). The van der Waals surface area contributed by atoms with Crippen molar-refractivity contribution in [2.45, 2.75) is 5.41 Å². The lowest BCUT2D eigenvalue weighted by atomic mass is 9.70. The Balaban J connectivity index is 1.08. The van der Waals surface area contributed by atoms with E-state index in [0.717, 1.165) is 28.1 Å². The van der Waals surface area contributed by atoms with Crippen molar-refractivity contribution in [3.05, 3.63) is 247 Å². The average Bonchev–Trinajstić information content (AvgIpc) is 3.78. The van der Waals surface area contributed by atoms with Crippen LogP contribution in [0.3, 0.4) is 0 Å². The van der Waals surface area contributed by atoms with Crippen molar-refractivity contribution < 1.29 is 0 Å². The van der Waals surface area contributed by atoms with Crippen LogP contribution in [0.1, 0.15) is 22.3 Å². The molecule has 9 aromatic carbocycles. The van der Waals surface area contributed by atoms with Crippen LogP contribution in [0.25, 0.3) is 88.9 Å². The molecule has 0 amide bonds. The van der Waals surface area contributed by atoms with Crippen molar-refractivity contribution in [3.8, 4) is 78.1 Å². The van der Waals surface area contributed by atoms with Crippen LogP contribution >= 0.6 is 0 Å². The maximum atomic E-state index is 5.26. The first-order chi connectivity index (χ1) is 29.2. The molecule has 2 aliphatic carbocycles. The Morgan fingerprint density at radius 3 is 1.32 bits per heavy atom. The molecule has 274 valence electrons. The number of fused-ring (bicyclic) bond motifs is 11. The first kappa shape index (κ1) is 33.5. The molecular weight excluding hydrogens is 711 g/mol. The van der Waals surface area contributed by atoms with E-state index in [2.05, 4.69) is 224 Å². The van der Waals surface area contributed by atoms with Crippen LogP contribution < -0.4 is 0 Å². The van der Waals surface area contributed by atoms with Gasteiger partial charge in [-0.05, 0) is 119 Å². The molecule has 0 N–H and O–H groups in total. The summed E-state index contributed by atoms with van der Waals surface area (Å²) in [5.74, 6) is 0. The highest BCUT2D eigenvalue weighted by molar-refractivity contribution is 6.00. The van der Waals surface area contributed by atoms with Gasteiger partial charge in [0.1, 0.15) is 0 Å². The third-order valence-electron chi connectivity index (χ3n) is 12.7. The van der Waals surface area contributed by atoms with Gasteiger partial charge in [-0.25, -0.2) is 4.98 Å². The Labute approximate surface area is 344 Å². The fraction of sp³-hybridized carbons (Fsp3) is 0.0172. The Morgan fingerprint density at radius 1 is 0.237 bits per heavy atom. The summed E-state index contributed by atoms with van der Waals surface area (Å²) in [6.07, 6.45) is 0. The molecule has 0 aliphatic heterocycles. The molecule has 0 saturated carbocycles. The van der Waals surface area contributed by atoms with Crippen LogP contribution in [-0.4, -0.2) is 4.98 Å². The summed E-state index contributed by atoms with van der Waals surface area (Å²) in [4.78, 5) is 5.26. The van der Waals surface area contributed by atoms with E-state index in [1.54, 1.807) is 0 Å². The fourth-order valence-corrected chi connectivity index (χ4v) is 10.0. The van der Waals surface area contributed by atoms with Crippen molar-refractivity contribution in [1.82, 2.24) is 4.98 Å². The maximum Gasteiger partial charge on any atom is 0.0725 e. The maximum absolute atomic E-state index is 5.26. The fourth-order valence-electron chi connectivity index (χ4n) is 10.0. The van der Waals surface area contributed by atoms with Gasteiger partial charge >= 0.3 is 0 Å². The molecule has 1 spiro atoms. The lowest BCUT2D eigenvalue weighted by molar-refractivity contribution is 0.794. The predicted octanol–water partition coefficient (Wildman–Crippen LogP) is 14.9. The van der Waals surface area contributed by atoms with Crippen LogP contribution in [0, 0.1) is 0 Å². The minimum absolute atomic E-state index is 0.425. The number of benzene rings is 9. The predicted molar refractivity (Wildman–Crippen MR) is 245 cm³/mol. The molecule has 0 atom stereocenters. The molecule has 59 heavy (non-hydrogen) atoms. The molecule has 10 aromatic rings. The first-order valence-corrected chi connectivity index (χ1v) is 20.4. The van der Waals surface area contributed by atoms with Crippen LogP contribution in [0.2, 0.25) is 0 Å². The molecule has 1 heteroatoms. The van der Waals surface area contributed by atoms with Crippen LogP contribution in [0.4, 0.5) is 0 Å². The Bertz CT molecular complexity index is 3150. The van der Waals surface area contributed by atoms with E-state index in [1.165, 1.54) is 83.1 Å². The quantitative estimate of drug-likeness (QED) is 0.171. The van der Waals surface area contributed by atoms with E-state index in [4.69, 9.17) is 4.98 Å². The van der Waals surface area contributed by atoms with E-state index in [-0.39, 0.29) is 0 Å². The molecule has 0 saturated heterocycles. The minimum Gasteiger partial charge on any atom is -0.248 e. The third kappa shape index (κ3) is 5.15. The van der Waals surface area contributed by atoms with Gasteiger partial charge in [-0.15, -0.1) is 0 Å². The van der Waals surface area contributed by atoms with E-state index in [9.17, 15) is 0 Å². The number of rotatable bonds is 5. The van der Waals surface area contributed by atoms with Gasteiger partial charge < -0.3 is 0 Å². The molecule has 1 nitrogen and oxygen atoms in total. The highest BCUT2D eigenvalue weighted by Crippen LogP contribution is 2.63. The van der Waals surface area contributed by atoms with E-state index in [0.29, 0.717) is 0 Å². The smallest absolute Gasteiger partial charge is 0.0725 e. The first-order valence-electron chi connectivity index (χ1n) is 20.4. The van der Waals surface area contributed by atoms with Crippen LogP contribution in [0.5, 0.6) is 0 Å². The second-order valence-electron chi connectivity index (χ2n) is 15.8. The van der Waals surface area contributed by atoms with E-state index in [1.807, 2.05) is 0 Å². The van der Waals surface area contributed by atoms with Crippen molar-refractivity contribution >= 4 is 10.8 Å². The summed E-state index contributed by atoms with van der Waals surface area (Å²) in [5.41, 5.74) is 21.5. The minimum atomic E-state index is -0.425. The Morgan fingerprint density at radius 2 is 0.695 bits per heavy atom. The van der Waals surface area contributed by atoms with Crippen LogP contribution in [-0.2, 0) is 5.41 Å². The van der Waals surface area contributed by atoms with Crippen molar-refractivity contribution in [3.63, 3.8) is 0 Å². The summed E-state index contributed by atoms with van der Waals surface area (Å²) in [6.45, 7) is 0. The van der Waals surface area contributed by atoms with Gasteiger partial charge in [0.05, 0.1) is 16.8 Å². The van der Waals surface area contributed by atoms with E-state index >= 15 is 0 Å².